The van der Waals surface area contributed by atoms with Gasteiger partial charge in [-0.3, -0.25) is 9.48 Å². The molecule has 3 rings (SSSR count). The minimum Gasteiger partial charge on any atom is -0.352 e. The van der Waals surface area contributed by atoms with Gasteiger partial charge in [-0.2, -0.15) is 5.10 Å². The summed E-state index contributed by atoms with van der Waals surface area (Å²) in [5.74, 6) is 1.34. The quantitative estimate of drug-likeness (QED) is 0.747. The molecule has 0 atom stereocenters. The lowest BCUT2D eigenvalue weighted by molar-refractivity contribution is 0.0954. The van der Waals surface area contributed by atoms with Crippen LogP contribution in [0.25, 0.3) is 11.4 Å². The van der Waals surface area contributed by atoms with Crippen LogP contribution in [0, 0.1) is 6.92 Å². The molecule has 2 N–H and O–H groups in total. The number of aromatic amines is 1. The first kappa shape index (κ1) is 15.0. The van der Waals surface area contributed by atoms with Crippen LogP contribution in [0.15, 0.2) is 36.8 Å². The zero-order chi connectivity index (χ0) is 16.2. The number of benzene rings is 1. The van der Waals surface area contributed by atoms with Crippen molar-refractivity contribution in [3.05, 3.63) is 53.9 Å². The molecule has 7 nitrogen and oxygen atoms in total. The van der Waals surface area contributed by atoms with Crippen molar-refractivity contribution in [3.8, 4) is 11.4 Å². The van der Waals surface area contributed by atoms with Crippen LogP contribution in [0.1, 0.15) is 21.9 Å². The highest BCUT2D eigenvalue weighted by molar-refractivity contribution is 5.95. The van der Waals surface area contributed by atoms with Gasteiger partial charge >= 0.3 is 0 Å². The minimum absolute atomic E-state index is 0.112. The number of carbonyl (C=O) groups excluding carboxylic acids is 1. The SMILES string of the molecule is Cc1nc(-c2cccc(C(=O)NCCc3cnc[nH]3)c2)nn1C. The second-order valence-electron chi connectivity index (χ2n) is 5.27. The maximum absolute atomic E-state index is 12.2. The van der Waals surface area contributed by atoms with Crippen LogP contribution in [0.5, 0.6) is 0 Å². The van der Waals surface area contributed by atoms with Gasteiger partial charge in [0.1, 0.15) is 5.82 Å². The molecule has 0 aliphatic rings. The molecule has 0 bridgehead atoms. The Morgan fingerprint density at radius 1 is 1.39 bits per heavy atom. The molecule has 0 fully saturated rings. The van der Waals surface area contributed by atoms with E-state index >= 15 is 0 Å². The number of nitrogens with one attached hydrogen (secondary N) is 2. The molecule has 0 unspecified atom stereocenters. The summed E-state index contributed by atoms with van der Waals surface area (Å²) in [7, 11) is 1.85. The lowest BCUT2D eigenvalue weighted by Gasteiger charge is -2.05. The summed E-state index contributed by atoms with van der Waals surface area (Å²) in [6.45, 7) is 2.44. The monoisotopic (exact) mass is 310 g/mol. The van der Waals surface area contributed by atoms with Gasteiger partial charge < -0.3 is 10.3 Å². The van der Waals surface area contributed by atoms with E-state index in [0.29, 0.717) is 24.4 Å². The van der Waals surface area contributed by atoms with Gasteiger partial charge in [0.05, 0.1) is 6.33 Å². The normalized spacial score (nSPS) is 10.7. The molecule has 23 heavy (non-hydrogen) atoms. The van der Waals surface area contributed by atoms with Crippen molar-refractivity contribution < 1.29 is 4.79 Å². The van der Waals surface area contributed by atoms with Crippen molar-refractivity contribution in [1.82, 2.24) is 30.0 Å². The molecule has 2 heterocycles. The molecule has 0 aliphatic carbocycles. The number of nitrogens with zero attached hydrogens (tertiary/aromatic N) is 4. The second kappa shape index (κ2) is 6.43. The fraction of sp³-hybridized carbons (Fsp3) is 0.250. The van der Waals surface area contributed by atoms with Crippen molar-refractivity contribution in [1.29, 1.82) is 0 Å². The number of amides is 1. The lowest BCUT2D eigenvalue weighted by Crippen LogP contribution is -2.25. The average Bonchev–Trinajstić information content (AvgIpc) is 3.18. The van der Waals surface area contributed by atoms with Crippen LogP contribution in [-0.4, -0.2) is 37.2 Å². The van der Waals surface area contributed by atoms with Crippen LogP contribution < -0.4 is 5.32 Å². The zero-order valence-corrected chi connectivity index (χ0v) is 13.1. The van der Waals surface area contributed by atoms with E-state index in [4.69, 9.17) is 0 Å². The van der Waals surface area contributed by atoms with E-state index in [2.05, 4.69) is 25.4 Å². The van der Waals surface area contributed by atoms with Gasteiger partial charge in [-0.25, -0.2) is 9.97 Å². The maximum Gasteiger partial charge on any atom is 0.251 e. The predicted molar refractivity (Wildman–Crippen MR) is 85.8 cm³/mol. The molecule has 3 aromatic rings. The van der Waals surface area contributed by atoms with E-state index in [0.717, 1.165) is 17.1 Å². The smallest absolute Gasteiger partial charge is 0.251 e. The molecule has 0 saturated heterocycles. The molecule has 0 saturated carbocycles. The van der Waals surface area contributed by atoms with Crippen molar-refractivity contribution in [2.75, 3.05) is 6.54 Å². The van der Waals surface area contributed by atoms with Crippen molar-refractivity contribution in [2.24, 2.45) is 7.05 Å². The van der Waals surface area contributed by atoms with E-state index in [-0.39, 0.29) is 5.91 Å². The maximum atomic E-state index is 12.2. The lowest BCUT2D eigenvalue weighted by atomic mass is 10.1. The predicted octanol–water partition coefficient (Wildman–Crippen LogP) is 1.49. The Morgan fingerprint density at radius 3 is 2.96 bits per heavy atom. The van der Waals surface area contributed by atoms with Gasteiger partial charge in [0.2, 0.25) is 0 Å². The van der Waals surface area contributed by atoms with Gasteiger partial charge in [-0.05, 0) is 19.1 Å². The molecule has 7 heteroatoms. The van der Waals surface area contributed by atoms with Crippen LogP contribution in [0.3, 0.4) is 0 Å². The third-order valence-electron chi connectivity index (χ3n) is 3.60. The first-order chi connectivity index (χ1) is 11.1. The molecular formula is C16H18N6O. The van der Waals surface area contributed by atoms with Crippen LogP contribution in [0.4, 0.5) is 0 Å². The Morgan fingerprint density at radius 2 is 2.26 bits per heavy atom. The van der Waals surface area contributed by atoms with Crippen LogP contribution >= 0.6 is 0 Å². The van der Waals surface area contributed by atoms with Gasteiger partial charge in [0, 0.05) is 43.0 Å². The van der Waals surface area contributed by atoms with E-state index in [1.54, 1.807) is 29.3 Å². The Bertz CT molecular complexity index is 786. The van der Waals surface area contributed by atoms with E-state index < -0.39 is 0 Å². The summed E-state index contributed by atoms with van der Waals surface area (Å²) < 4.78 is 1.71. The number of H-pyrrole nitrogens is 1. The number of imidazole rings is 1. The molecular weight excluding hydrogens is 292 g/mol. The fourth-order valence-corrected chi connectivity index (χ4v) is 2.22. The van der Waals surface area contributed by atoms with Gasteiger partial charge in [-0.15, -0.1) is 0 Å². The number of rotatable bonds is 5. The number of hydrogen-bond donors (Lipinski definition) is 2. The number of aromatic nitrogens is 5. The molecule has 1 aromatic carbocycles. The summed E-state index contributed by atoms with van der Waals surface area (Å²) >= 11 is 0. The summed E-state index contributed by atoms with van der Waals surface area (Å²) in [5, 5.41) is 7.24. The molecule has 0 spiro atoms. The van der Waals surface area contributed by atoms with Crippen LogP contribution in [-0.2, 0) is 13.5 Å². The average molecular weight is 310 g/mol. The largest absolute Gasteiger partial charge is 0.352 e. The number of hydrogen-bond acceptors (Lipinski definition) is 4. The topological polar surface area (TPSA) is 88.5 Å². The molecule has 118 valence electrons. The van der Waals surface area contributed by atoms with Crippen molar-refractivity contribution >= 4 is 5.91 Å². The first-order valence-corrected chi connectivity index (χ1v) is 7.37. The summed E-state index contributed by atoms with van der Waals surface area (Å²) in [6.07, 6.45) is 4.09. The van der Waals surface area contributed by atoms with Gasteiger partial charge in [0.25, 0.3) is 5.91 Å². The van der Waals surface area contributed by atoms with E-state index in [1.807, 2.05) is 26.1 Å². The fourth-order valence-electron chi connectivity index (χ4n) is 2.22. The first-order valence-electron chi connectivity index (χ1n) is 7.37. The summed E-state index contributed by atoms with van der Waals surface area (Å²) in [5.41, 5.74) is 2.42. The van der Waals surface area contributed by atoms with Crippen molar-refractivity contribution in [3.63, 3.8) is 0 Å². The Balaban J connectivity index is 1.67. The highest BCUT2D eigenvalue weighted by atomic mass is 16.1. The minimum atomic E-state index is -0.112. The highest BCUT2D eigenvalue weighted by Crippen LogP contribution is 2.17. The van der Waals surface area contributed by atoms with Gasteiger partial charge in [-0.1, -0.05) is 12.1 Å². The van der Waals surface area contributed by atoms with Crippen molar-refractivity contribution in [2.45, 2.75) is 13.3 Å². The Hall–Kier alpha value is -2.96. The Labute approximate surface area is 133 Å². The Kier molecular flexibility index (Phi) is 4.18. The summed E-state index contributed by atoms with van der Waals surface area (Å²) in [4.78, 5) is 23.6. The molecule has 0 aliphatic heterocycles. The summed E-state index contributed by atoms with van der Waals surface area (Å²) in [6, 6.07) is 7.33. The number of carbonyl (C=O) groups is 1. The molecule has 0 radical (unpaired) electrons. The molecule has 1 amide bonds. The molecule has 2 aromatic heterocycles. The number of aryl methyl sites for hydroxylation is 2. The zero-order valence-electron chi connectivity index (χ0n) is 13.1. The third-order valence-corrected chi connectivity index (χ3v) is 3.60. The second-order valence-corrected chi connectivity index (χ2v) is 5.27. The standard InChI is InChI=1S/C16H18N6O/c1-11-20-15(21-22(11)2)12-4-3-5-13(8-12)16(23)18-7-6-14-9-17-10-19-14/h3-5,8-10H,6-7H2,1-2H3,(H,17,19)(H,18,23). The van der Waals surface area contributed by atoms with Crippen LogP contribution in [0.2, 0.25) is 0 Å². The third kappa shape index (κ3) is 3.45. The highest BCUT2D eigenvalue weighted by Gasteiger charge is 2.10. The van der Waals surface area contributed by atoms with E-state index in [1.165, 1.54) is 0 Å². The van der Waals surface area contributed by atoms with Gasteiger partial charge in [0.15, 0.2) is 5.82 Å². The van der Waals surface area contributed by atoms with E-state index in [9.17, 15) is 4.79 Å².